The van der Waals surface area contributed by atoms with Gasteiger partial charge in [0.1, 0.15) is 0 Å². The van der Waals surface area contributed by atoms with Crippen LogP contribution in [0.2, 0.25) is 0 Å². The van der Waals surface area contributed by atoms with Gasteiger partial charge in [0.2, 0.25) is 0 Å². The molecule has 1 atom stereocenters. The highest BCUT2D eigenvalue weighted by Crippen LogP contribution is 2.28. The summed E-state index contributed by atoms with van der Waals surface area (Å²) in [6.45, 7) is 2.58. The lowest BCUT2D eigenvalue weighted by molar-refractivity contribution is 0.0521. The molecule has 3 N–H and O–H groups in total. The van der Waals surface area contributed by atoms with Crippen molar-refractivity contribution < 1.29 is 5.11 Å². The van der Waals surface area contributed by atoms with Gasteiger partial charge < -0.3 is 20.6 Å². The van der Waals surface area contributed by atoms with Crippen LogP contribution in [-0.4, -0.2) is 59.2 Å². The summed E-state index contributed by atoms with van der Waals surface area (Å²) in [6.07, 6.45) is 10.3. The predicted molar refractivity (Wildman–Crippen MR) is 96.4 cm³/mol. The van der Waals surface area contributed by atoms with Crippen molar-refractivity contribution in [1.82, 2.24) is 20.4 Å². The molecule has 0 radical (unpaired) electrons. The van der Waals surface area contributed by atoms with Gasteiger partial charge in [0.05, 0.1) is 17.5 Å². The number of aromatic nitrogens is 2. The maximum absolute atomic E-state index is 10.5. The minimum absolute atomic E-state index is 0.350. The number of hydrogen-bond acceptors (Lipinski definition) is 4. The van der Waals surface area contributed by atoms with Crippen LogP contribution in [0.25, 0.3) is 0 Å². The second-order valence-electron chi connectivity index (χ2n) is 7.16. The number of piperidine rings is 1. The van der Waals surface area contributed by atoms with Crippen LogP contribution in [-0.2, 0) is 7.05 Å². The van der Waals surface area contributed by atoms with E-state index in [0.717, 1.165) is 57.6 Å². The summed E-state index contributed by atoms with van der Waals surface area (Å²) in [4.78, 5) is 6.69. The largest absolute Gasteiger partial charge is 0.388 e. The molecular weight excluding hydrogens is 304 g/mol. The average molecular weight is 334 g/mol. The molecule has 3 rings (SSSR count). The normalized spacial score (nSPS) is 24.2. The maximum atomic E-state index is 10.5. The number of nitrogens with zero attached hydrogens (tertiary/aromatic N) is 4. The fourth-order valence-corrected chi connectivity index (χ4v) is 3.75. The van der Waals surface area contributed by atoms with Crippen molar-refractivity contribution in [3.8, 4) is 0 Å². The van der Waals surface area contributed by atoms with E-state index in [9.17, 15) is 5.11 Å². The van der Waals surface area contributed by atoms with Crippen LogP contribution in [0.4, 0.5) is 5.69 Å². The quantitative estimate of drug-likeness (QED) is 0.562. The molecule has 0 bridgehead atoms. The second kappa shape index (κ2) is 7.42. The van der Waals surface area contributed by atoms with Gasteiger partial charge >= 0.3 is 0 Å². The van der Waals surface area contributed by atoms with Gasteiger partial charge in [-0.25, -0.2) is 0 Å². The van der Waals surface area contributed by atoms with Crippen molar-refractivity contribution in [2.75, 3.05) is 31.6 Å². The van der Waals surface area contributed by atoms with Crippen molar-refractivity contribution in [2.24, 2.45) is 12.0 Å². The smallest absolute Gasteiger partial charge is 0.191 e. The monoisotopic (exact) mass is 334 g/mol. The highest BCUT2D eigenvalue weighted by Gasteiger charge is 2.31. The van der Waals surface area contributed by atoms with E-state index in [2.05, 4.69) is 31.8 Å². The summed E-state index contributed by atoms with van der Waals surface area (Å²) in [5.41, 5.74) is 0.610. The molecule has 1 aliphatic carbocycles. The minimum Gasteiger partial charge on any atom is -0.388 e. The molecule has 1 unspecified atom stereocenters. The molecule has 7 heteroatoms. The van der Waals surface area contributed by atoms with E-state index >= 15 is 0 Å². The Morgan fingerprint density at radius 3 is 2.88 bits per heavy atom. The first kappa shape index (κ1) is 17.1. The number of guanidine groups is 1. The first-order valence-electron chi connectivity index (χ1n) is 9.01. The zero-order valence-electron chi connectivity index (χ0n) is 14.8. The lowest BCUT2D eigenvalue weighted by Gasteiger charge is -2.35. The first-order chi connectivity index (χ1) is 11.6. The third-order valence-electron chi connectivity index (χ3n) is 5.16. The van der Waals surface area contributed by atoms with Crippen LogP contribution < -0.4 is 15.5 Å². The molecule has 1 aromatic rings. The Kier molecular flexibility index (Phi) is 5.28. The molecular formula is C17H30N6O. The third-order valence-corrected chi connectivity index (χ3v) is 5.16. The summed E-state index contributed by atoms with van der Waals surface area (Å²) in [5, 5.41) is 21.6. The zero-order valence-corrected chi connectivity index (χ0v) is 14.8. The van der Waals surface area contributed by atoms with Crippen molar-refractivity contribution in [2.45, 2.75) is 50.2 Å². The van der Waals surface area contributed by atoms with E-state index in [4.69, 9.17) is 0 Å². The number of aliphatic hydroxyl groups is 1. The molecule has 2 heterocycles. The summed E-state index contributed by atoms with van der Waals surface area (Å²) in [7, 11) is 3.73. The van der Waals surface area contributed by atoms with Gasteiger partial charge in [-0.1, -0.05) is 12.8 Å². The third kappa shape index (κ3) is 4.20. The highest BCUT2D eigenvalue weighted by atomic mass is 16.3. The van der Waals surface area contributed by atoms with Gasteiger partial charge in [-0.2, -0.15) is 5.10 Å². The number of hydrogen-bond donors (Lipinski definition) is 3. The van der Waals surface area contributed by atoms with Crippen LogP contribution in [0.15, 0.2) is 17.4 Å². The Hall–Kier alpha value is -1.76. The van der Waals surface area contributed by atoms with E-state index in [1.54, 1.807) is 7.05 Å². The summed E-state index contributed by atoms with van der Waals surface area (Å²) in [5.74, 6) is 0.786. The Morgan fingerprint density at radius 1 is 1.42 bits per heavy atom. The van der Waals surface area contributed by atoms with Gasteiger partial charge in [-0.3, -0.25) is 9.67 Å². The molecule has 1 aromatic heterocycles. The molecule has 0 aromatic carbocycles. The Labute approximate surface area is 144 Å². The Morgan fingerprint density at radius 2 is 2.21 bits per heavy atom. The fraction of sp³-hybridized carbons (Fsp3) is 0.765. The summed E-state index contributed by atoms with van der Waals surface area (Å²) >= 11 is 0. The molecule has 134 valence electrons. The van der Waals surface area contributed by atoms with E-state index in [1.807, 2.05) is 17.9 Å². The van der Waals surface area contributed by atoms with Crippen LogP contribution in [0, 0.1) is 0 Å². The molecule has 0 spiro atoms. The topological polar surface area (TPSA) is 77.7 Å². The Balaban J connectivity index is 1.51. The van der Waals surface area contributed by atoms with E-state index in [0.29, 0.717) is 12.6 Å². The standard InChI is InChI=1S/C17H30N6O/c1-18-16(19-13-17(24)7-3-4-8-17)21-14-6-5-9-23(11-14)15-10-20-22(2)12-15/h10,12,14,24H,3-9,11,13H2,1-2H3,(H2,18,19,21). The van der Waals surface area contributed by atoms with Crippen molar-refractivity contribution >= 4 is 11.6 Å². The highest BCUT2D eigenvalue weighted by molar-refractivity contribution is 5.80. The summed E-state index contributed by atoms with van der Waals surface area (Å²) < 4.78 is 1.84. The van der Waals surface area contributed by atoms with Crippen molar-refractivity contribution in [3.05, 3.63) is 12.4 Å². The maximum Gasteiger partial charge on any atom is 0.191 e. The SMILES string of the molecule is CN=C(NCC1(O)CCCC1)NC1CCCN(c2cnn(C)c2)C1. The number of rotatable bonds is 4. The van der Waals surface area contributed by atoms with E-state index in [1.165, 1.54) is 5.69 Å². The average Bonchev–Trinajstić information content (AvgIpc) is 3.21. The van der Waals surface area contributed by atoms with Gasteiger partial charge in [-0.15, -0.1) is 0 Å². The Bertz CT molecular complexity index is 563. The molecule has 2 aliphatic rings. The van der Waals surface area contributed by atoms with Crippen LogP contribution in [0.5, 0.6) is 0 Å². The van der Waals surface area contributed by atoms with Gasteiger partial charge in [-0.05, 0) is 25.7 Å². The van der Waals surface area contributed by atoms with Crippen molar-refractivity contribution in [3.63, 3.8) is 0 Å². The second-order valence-corrected chi connectivity index (χ2v) is 7.16. The molecule has 1 saturated heterocycles. The number of nitrogens with one attached hydrogen (secondary N) is 2. The van der Waals surface area contributed by atoms with Crippen LogP contribution in [0.3, 0.4) is 0 Å². The summed E-state index contributed by atoms with van der Waals surface area (Å²) in [6, 6.07) is 0.350. The number of anilines is 1. The lowest BCUT2D eigenvalue weighted by Crippen LogP contribution is -2.53. The molecule has 0 amide bonds. The predicted octanol–water partition coefficient (Wildman–Crippen LogP) is 0.859. The first-order valence-corrected chi connectivity index (χ1v) is 9.01. The van der Waals surface area contributed by atoms with Crippen molar-refractivity contribution in [1.29, 1.82) is 0 Å². The van der Waals surface area contributed by atoms with E-state index < -0.39 is 5.60 Å². The van der Waals surface area contributed by atoms with E-state index in [-0.39, 0.29) is 0 Å². The van der Waals surface area contributed by atoms with Crippen LogP contribution >= 0.6 is 0 Å². The van der Waals surface area contributed by atoms with Gasteiger partial charge in [0.15, 0.2) is 5.96 Å². The molecule has 7 nitrogen and oxygen atoms in total. The zero-order chi connectivity index (χ0) is 17.0. The molecule has 1 saturated carbocycles. The molecule has 1 aliphatic heterocycles. The lowest BCUT2D eigenvalue weighted by atomic mass is 10.0. The fourth-order valence-electron chi connectivity index (χ4n) is 3.75. The van der Waals surface area contributed by atoms with Gasteiger partial charge in [0, 0.05) is 46.0 Å². The number of aliphatic imine (C=N–C) groups is 1. The van der Waals surface area contributed by atoms with Crippen LogP contribution in [0.1, 0.15) is 38.5 Å². The van der Waals surface area contributed by atoms with Gasteiger partial charge in [0.25, 0.3) is 0 Å². The molecule has 24 heavy (non-hydrogen) atoms. The minimum atomic E-state index is -0.564. The molecule has 2 fully saturated rings. The number of aryl methyl sites for hydroxylation is 1.